The summed E-state index contributed by atoms with van der Waals surface area (Å²) in [7, 11) is 1.61. The van der Waals surface area contributed by atoms with Crippen molar-refractivity contribution in [2.24, 2.45) is 0 Å². The molecule has 0 spiro atoms. The van der Waals surface area contributed by atoms with Gasteiger partial charge in [-0.3, -0.25) is 10.1 Å². The van der Waals surface area contributed by atoms with E-state index in [1.807, 2.05) is 49.4 Å². The van der Waals surface area contributed by atoms with Crippen molar-refractivity contribution in [2.75, 3.05) is 13.7 Å². The van der Waals surface area contributed by atoms with E-state index in [9.17, 15) is 4.79 Å². The fraction of sp³-hybridized carbons (Fsp3) is 0.273. The fourth-order valence-electron chi connectivity index (χ4n) is 2.38. The second kappa shape index (κ2) is 11.1. The van der Waals surface area contributed by atoms with Gasteiger partial charge in [-0.05, 0) is 54.9 Å². The zero-order valence-electron chi connectivity index (χ0n) is 16.5. The number of ether oxygens (including phenoxy) is 2. The van der Waals surface area contributed by atoms with E-state index < -0.39 is 0 Å². The normalized spacial score (nSPS) is 10.5. The molecule has 0 unspecified atom stereocenters. The van der Waals surface area contributed by atoms with Crippen molar-refractivity contribution < 1.29 is 14.3 Å². The third-order valence-electron chi connectivity index (χ3n) is 3.88. The Kier molecular flexibility index (Phi) is 8.49. The first-order valence-corrected chi connectivity index (χ1v) is 9.56. The lowest BCUT2D eigenvalue weighted by molar-refractivity contribution is -0.115. The molecule has 5 nitrogen and oxygen atoms in total. The Morgan fingerprint density at radius 1 is 1.14 bits per heavy atom. The zero-order chi connectivity index (χ0) is 20.4. The summed E-state index contributed by atoms with van der Waals surface area (Å²) in [6.45, 7) is 5.17. The minimum atomic E-state index is -0.279. The van der Waals surface area contributed by atoms with E-state index >= 15 is 0 Å². The molecule has 2 rings (SSSR count). The van der Waals surface area contributed by atoms with Crippen LogP contribution in [0.1, 0.15) is 30.0 Å². The van der Waals surface area contributed by atoms with Crippen LogP contribution >= 0.6 is 12.2 Å². The van der Waals surface area contributed by atoms with Crippen LogP contribution in [0.25, 0.3) is 6.08 Å². The SMILES string of the molecule is CCCOc1ccc(CNC(=S)NC(=O)/C=C/c2ccc(C)cc2)cc1OC. The van der Waals surface area contributed by atoms with E-state index in [2.05, 4.69) is 17.6 Å². The van der Waals surface area contributed by atoms with Crippen LogP contribution in [0.3, 0.4) is 0 Å². The van der Waals surface area contributed by atoms with Gasteiger partial charge in [0.1, 0.15) is 0 Å². The van der Waals surface area contributed by atoms with Gasteiger partial charge in [-0.15, -0.1) is 0 Å². The van der Waals surface area contributed by atoms with Crippen molar-refractivity contribution in [3.63, 3.8) is 0 Å². The minimum absolute atomic E-state index is 0.267. The number of thiocarbonyl (C=S) groups is 1. The van der Waals surface area contributed by atoms with E-state index in [-0.39, 0.29) is 11.0 Å². The smallest absolute Gasteiger partial charge is 0.250 e. The molecule has 2 N–H and O–H groups in total. The molecule has 0 aliphatic carbocycles. The molecular weight excluding hydrogens is 372 g/mol. The lowest BCUT2D eigenvalue weighted by Gasteiger charge is -2.13. The number of hydrogen-bond donors (Lipinski definition) is 2. The highest BCUT2D eigenvalue weighted by atomic mass is 32.1. The first-order chi connectivity index (χ1) is 13.5. The summed E-state index contributed by atoms with van der Waals surface area (Å²) in [5.41, 5.74) is 3.10. The number of aryl methyl sites for hydroxylation is 1. The monoisotopic (exact) mass is 398 g/mol. The Balaban J connectivity index is 1.84. The maximum absolute atomic E-state index is 12.0. The van der Waals surface area contributed by atoms with Crippen LogP contribution in [0.4, 0.5) is 0 Å². The molecule has 148 valence electrons. The quantitative estimate of drug-likeness (QED) is 0.520. The number of amides is 1. The van der Waals surface area contributed by atoms with E-state index in [0.717, 1.165) is 17.5 Å². The maximum atomic E-state index is 12.0. The molecule has 0 heterocycles. The van der Waals surface area contributed by atoms with Crippen molar-refractivity contribution in [2.45, 2.75) is 26.8 Å². The number of hydrogen-bond acceptors (Lipinski definition) is 4. The van der Waals surface area contributed by atoms with Crippen molar-refractivity contribution in [1.29, 1.82) is 0 Å². The van der Waals surface area contributed by atoms with Gasteiger partial charge < -0.3 is 14.8 Å². The standard InChI is InChI=1S/C22H26N2O3S/c1-4-13-27-19-11-9-18(14-20(19)26-3)15-23-22(28)24-21(25)12-10-17-7-5-16(2)6-8-17/h5-12,14H,4,13,15H2,1-3H3,(H2,23,24,25,28)/b12-10+. The van der Waals surface area contributed by atoms with Crippen molar-refractivity contribution in [3.8, 4) is 11.5 Å². The highest BCUT2D eigenvalue weighted by Gasteiger charge is 2.07. The molecule has 28 heavy (non-hydrogen) atoms. The van der Waals surface area contributed by atoms with E-state index in [1.54, 1.807) is 13.2 Å². The van der Waals surface area contributed by atoms with Gasteiger partial charge in [0.25, 0.3) is 0 Å². The van der Waals surface area contributed by atoms with Crippen LogP contribution in [0.5, 0.6) is 11.5 Å². The summed E-state index contributed by atoms with van der Waals surface area (Å²) in [6.07, 6.45) is 4.14. The first-order valence-electron chi connectivity index (χ1n) is 9.15. The number of methoxy groups -OCH3 is 1. The van der Waals surface area contributed by atoms with Crippen LogP contribution in [0.2, 0.25) is 0 Å². The van der Waals surface area contributed by atoms with Gasteiger partial charge in [0, 0.05) is 12.6 Å². The van der Waals surface area contributed by atoms with Gasteiger partial charge in [-0.1, -0.05) is 42.8 Å². The van der Waals surface area contributed by atoms with Crippen LogP contribution in [0, 0.1) is 6.92 Å². The Labute approximate surface area is 171 Å². The van der Waals surface area contributed by atoms with E-state index in [4.69, 9.17) is 21.7 Å². The molecule has 0 aromatic heterocycles. The van der Waals surface area contributed by atoms with E-state index in [0.29, 0.717) is 24.7 Å². The summed E-state index contributed by atoms with van der Waals surface area (Å²) in [5.74, 6) is 1.10. The molecule has 0 saturated carbocycles. The Bertz CT molecular complexity index is 832. The lowest BCUT2D eigenvalue weighted by Crippen LogP contribution is -2.37. The maximum Gasteiger partial charge on any atom is 0.250 e. The lowest BCUT2D eigenvalue weighted by atomic mass is 10.1. The highest BCUT2D eigenvalue weighted by molar-refractivity contribution is 7.80. The first kappa shape index (κ1) is 21.4. The molecule has 0 aliphatic rings. The molecule has 2 aromatic rings. The van der Waals surface area contributed by atoms with Gasteiger partial charge in [0.2, 0.25) is 5.91 Å². The number of carbonyl (C=O) groups excluding carboxylic acids is 1. The Morgan fingerprint density at radius 2 is 1.89 bits per heavy atom. The van der Waals surface area contributed by atoms with Gasteiger partial charge in [0.05, 0.1) is 13.7 Å². The largest absolute Gasteiger partial charge is 0.493 e. The minimum Gasteiger partial charge on any atom is -0.493 e. The molecule has 2 aromatic carbocycles. The molecular formula is C22H26N2O3S. The molecule has 0 atom stereocenters. The van der Waals surface area contributed by atoms with Gasteiger partial charge in [0.15, 0.2) is 16.6 Å². The number of rotatable bonds is 8. The molecule has 0 saturated heterocycles. The summed E-state index contributed by atoms with van der Waals surface area (Å²) >= 11 is 5.19. The number of nitrogens with one attached hydrogen (secondary N) is 2. The highest BCUT2D eigenvalue weighted by Crippen LogP contribution is 2.28. The number of carbonyl (C=O) groups is 1. The molecule has 0 radical (unpaired) electrons. The molecule has 1 amide bonds. The van der Waals surface area contributed by atoms with Crippen molar-refractivity contribution >= 4 is 29.3 Å². The zero-order valence-corrected chi connectivity index (χ0v) is 17.3. The molecule has 0 bridgehead atoms. The summed E-state index contributed by atoms with van der Waals surface area (Å²) < 4.78 is 11.0. The Morgan fingerprint density at radius 3 is 2.57 bits per heavy atom. The third kappa shape index (κ3) is 7.04. The van der Waals surface area contributed by atoms with Crippen molar-refractivity contribution in [3.05, 3.63) is 65.2 Å². The topological polar surface area (TPSA) is 59.6 Å². The molecule has 6 heteroatoms. The second-order valence-electron chi connectivity index (χ2n) is 6.25. The van der Waals surface area contributed by atoms with E-state index in [1.165, 1.54) is 11.6 Å². The van der Waals surface area contributed by atoms with Crippen LogP contribution in [-0.2, 0) is 11.3 Å². The van der Waals surface area contributed by atoms with Gasteiger partial charge in [-0.2, -0.15) is 0 Å². The predicted molar refractivity (Wildman–Crippen MR) is 117 cm³/mol. The van der Waals surface area contributed by atoms with Crippen LogP contribution in [0.15, 0.2) is 48.5 Å². The average molecular weight is 399 g/mol. The summed E-state index contributed by atoms with van der Waals surface area (Å²) in [6, 6.07) is 13.6. The van der Waals surface area contributed by atoms with Crippen molar-refractivity contribution in [1.82, 2.24) is 10.6 Å². The fourth-order valence-corrected chi connectivity index (χ4v) is 2.56. The summed E-state index contributed by atoms with van der Waals surface area (Å²) in [4.78, 5) is 12.0. The molecule has 0 aliphatic heterocycles. The average Bonchev–Trinajstić information content (AvgIpc) is 2.70. The summed E-state index contributed by atoms with van der Waals surface area (Å²) in [5, 5.41) is 5.92. The van der Waals surface area contributed by atoms with Crippen LogP contribution < -0.4 is 20.1 Å². The predicted octanol–water partition coefficient (Wildman–Crippen LogP) is 4.00. The second-order valence-corrected chi connectivity index (χ2v) is 6.66. The third-order valence-corrected chi connectivity index (χ3v) is 4.13. The number of benzene rings is 2. The Hall–Kier alpha value is -2.86. The molecule has 0 fully saturated rings. The van der Waals surface area contributed by atoms with Gasteiger partial charge in [-0.25, -0.2) is 0 Å². The van der Waals surface area contributed by atoms with Gasteiger partial charge >= 0.3 is 0 Å². The van der Waals surface area contributed by atoms with Crippen LogP contribution in [-0.4, -0.2) is 24.7 Å².